The first-order valence-corrected chi connectivity index (χ1v) is 10.9. The largest absolute Gasteiger partial charge is 0.319 e. The summed E-state index contributed by atoms with van der Waals surface area (Å²) in [6.07, 6.45) is 0. The van der Waals surface area contributed by atoms with Crippen molar-refractivity contribution >= 4 is 50.7 Å². The number of benzene rings is 3. The SMILES string of the molecule is Cc1cc(Br)ccc1NC(=O)c1nc(-c2cccc(Cl)c2)n(-c2cc(Cl)ccc2C)n1. The van der Waals surface area contributed by atoms with Crippen molar-refractivity contribution in [2.45, 2.75) is 13.8 Å². The highest BCUT2D eigenvalue weighted by Gasteiger charge is 2.20. The number of amides is 1. The molecule has 1 amide bonds. The molecule has 0 aliphatic rings. The molecule has 0 bridgehead atoms. The first kappa shape index (κ1) is 21.6. The standard InChI is InChI=1S/C23H17BrCl2N4O/c1-13-6-8-18(26)12-20(13)30-22(15-4-3-5-17(25)11-15)28-21(29-30)23(31)27-19-9-7-16(24)10-14(19)2/h3-12H,1-2H3,(H,27,31). The van der Waals surface area contributed by atoms with Gasteiger partial charge in [-0.3, -0.25) is 4.79 Å². The Morgan fingerprint density at radius 3 is 2.48 bits per heavy atom. The summed E-state index contributed by atoms with van der Waals surface area (Å²) in [5.74, 6) is 0.120. The summed E-state index contributed by atoms with van der Waals surface area (Å²) >= 11 is 15.9. The molecule has 1 aromatic heterocycles. The number of carbonyl (C=O) groups excluding carboxylic acids is 1. The van der Waals surface area contributed by atoms with Gasteiger partial charge in [0.1, 0.15) is 0 Å². The topological polar surface area (TPSA) is 59.8 Å². The van der Waals surface area contributed by atoms with Gasteiger partial charge in [0, 0.05) is 25.8 Å². The van der Waals surface area contributed by atoms with Crippen molar-refractivity contribution in [2.75, 3.05) is 5.32 Å². The number of aryl methyl sites for hydroxylation is 2. The number of nitrogens with one attached hydrogen (secondary N) is 1. The predicted molar refractivity (Wildman–Crippen MR) is 128 cm³/mol. The van der Waals surface area contributed by atoms with Gasteiger partial charge in [0.05, 0.1) is 5.69 Å². The fourth-order valence-electron chi connectivity index (χ4n) is 3.15. The van der Waals surface area contributed by atoms with Crippen LogP contribution < -0.4 is 5.32 Å². The van der Waals surface area contributed by atoms with Crippen LogP contribution in [0.4, 0.5) is 5.69 Å². The lowest BCUT2D eigenvalue weighted by atomic mass is 10.1. The normalized spacial score (nSPS) is 10.9. The lowest BCUT2D eigenvalue weighted by Gasteiger charge is -2.09. The Labute approximate surface area is 198 Å². The molecule has 0 aliphatic heterocycles. The van der Waals surface area contributed by atoms with Crippen LogP contribution in [0.2, 0.25) is 10.0 Å². The molecule has 0 saturated carbocycles. The summed E-state index contributed by atoms with van der Waals surface area (Å²) in [6.45, 7) is 3.86. The molecular formula is C23H17BrCl2N4O. The van der Waals surface area contributed by atoms with E-state index in [-0.39, 0.29) is 5.82 Å². The van der Waals surface area contributed by atoms with E-state index >= 15 is 0 Å². The average molecular weight is 516 g/mol. The van der Waals surface area contributed by atoms with Crippen molar-refractivity contribution in [2.24, 2.45) is 0 Å². The van der Waals surface area contributed by atoms with Crippen LogP contribution >= 0.6 is 39.1 Å². The quantitative estimate of drug-likeness (QED) is 0.322. The number of rotatable bonds is 4. The molecule has 1 N–H and O–H groups in total. The van der Waals surface area contributed by atoms with Gasteiger partial charge in [-0.05, 0) is 67.4 Å². The summed E-state index contributed by atoms with van der Waals surface area (Å²) in [4.78, 5) is 17.5. The zero-order valence-corrected chi connectivity index (χ0v) is 19.8. The maximum absolute atomic E-state index is 13.0. The van der Waals surface area contributed by atoms with Gasteiger partial charge < -0.3 is 5.32 Å². The van der Waals surface area contributed by atoms with Gasteiger partial charge in [0.25, 0.3) is 5.91 Å². The summed E-state index contributed by atoms with van der Waals surface area (Å²) in [6, 6.07) is 18.4. The Kier molecular flexibility index (Phi) is 6.14. The maximum Gasteiger partial charge on any atom is 0.295 e. The minimum atomic E-state index is -0.410. The molecule has 4 aromatic rings. The zero-order valence-electron chi connectivity index (χ0n) is 16.7. The number of halogens is 3. The Hall–Kier alpha value is -2.67. The molecule has 0 spiro atoms. The van der Waals surface area contributed by atoms with E-state index in [9.17, 15) is 4.79 Å². The van der Waals surface area contributed by atoms with E-state index in [0.717, 1.165) is 26.9 Å². The van der Waals surface area contributed by atoms with Gasteiger partial charge in [-0.15, -0.1) is 5.10 Å². The fourth-order valence-corrected chi connectivity index (χ4v) is 3.98. The van der Waals surface area contributed by atoms with Crippen LogP contribution in [0.25, 0.3) is 17.1 Å². The number of hydrogen-bond acceptors (Lipinski definition) is 3. The lowest BCUT2D eigenvalue weighted by molar-refractivity contribution is 0.101. The van der Waals surface area contributed by atoms with Crippen molar-refractivity contribution in [3.8, 4) is 17.1 Å². The molecule has 8 heteroatoms. The molecule has 0 saturated heterocycles. The molecule has 3 aromatic carbocycles. The summed E-state index contributed by atoms with van der Waals surface area (Å²) < 4.78 is 2.56. The van der Waals surface area contributed by atoms with E-state index in [0.29, 0.717) is 21.6 Å². The number of nitrogens with zero attached hydrogens (tertiary/aromatic N) is 3. The molecule has 0 aliphatic carbocycles. The van der Waals surface area contributed by atoms with Crippen LogP contribution in [0.1, 0.15) is 21.7 Å². The number of hydrogen-bond donors (Lipinski definition) is 1. The number of aromatic nitrogens is 3. The third kappa shape index (κ3) is 4.66. The van der Waals surface area contributed by atoms with E-state index in [1.807, 2.05) is 50.2 Å². The van der Waals surface area contributed by atoms with Gasteiger partial charge >= 0.3 is 0 Å². The first-order valence-electron chi connectivity index (χ1n) is 9.39. The second kappa shape index (κ2) is 8.83. The van der Waals surface area contributed by atoms with E-state index in [4.69, 9.17) is 23.2 Å². The van der Waals surface area contributed by atoms with Crippen molar-refractivity contribution in [1.29, 1.82) is 0 Å². The highest BCUT2D eigenvalue weighted by atomic mass is 79.9. The summed E-state index contributed by atoms with van der Waals surface area (Å²) in [7, 11) is 0. The molecule has 31 heavy (non-hydrogen) atoms. The molecule has 0 fully saturated rings. The van der Waals surface area contributed by atoms with Crippen LogP contribution in [0, 0.1) is 13.8 Å². The summed E-state index contributed by atoms with van der Waals surface area (Å²) in [5, 5.41) is 8.52. The molecule has 156 valence electrons. The Balaban J connectivity index is 1.81. The highest BCUT2D eigenvalue weighted by Crippen LogP contribution is 2.27. The smallest absolute Gasteiger partial charge is 0.295 e. The molecule has 0 atom stereocenters. The second-order valence-electron chi connectivity index (χ2n) is 7.03. The Morgan fingerprint density at radius 1 is 0.968 bits per heavy atom. The van der Waals surface area contributed by atoms with Gasteiger partial charge in [-0.1, -0.05) is 57.3 Å². The second-order valence-corrected chi connectivity index (χ2v) is 8.81. The van der Waals surface area contributed by atoms with E-state index in [1.165, 1.54) is 0 Å². The number of anilines is 1. The summed E-state index contributed by atoms with van der Waals surface area (Å²) in [5.41, 5.74) is 4.01. The van der Waals surface area contributed by atoms with Crippen molar-refractivity contribution < 1.29 is 4.79 Å². The predicted octanol–water partition coefficient (Wildman–Crippen LogP) is 6.87. The zero-order chi connectivity index (χ0) is 22.1. The molecule has 1 heterocycles. The van der Waals surface area contributed by atoms with Gasteiger partial charge in [-0.25, -0.2) is 9.67 Å². The molecule has 0 unspecified atom stereocenters. The van der Waals surface area contributed by atoms with Crippen molar-refractivity contribution in [1.82, 2.24) is 14.8 Å². The molecule has 0 radical (unpaired) electrons. The van der Waals surface area contributed by atoms with Crippen molar-refractivity contribution in [3.05, 3.63) is 92.1 Å². The molecule has 5 nitrogen and oxygen atoms in total. The van der Waals surface area contributed by atoms with Crippen molar-refractivity contribution in [3.63, 3.8) is 0 Å². The van der Waals surface area contributed by atoms with Crippen LogP contribution in [0.3, 0.4) is 0 Å². The van der Waals surface area contributed by atoms with Gasteiger partial charge in [0.2, 0.25) is 5.82 Å². The Bertz CT molecular complexity index is 1300. The van der Waals surface area contributed by atoms with Crippen LogP contribution in [-0.4, -0.2) is 20.7 Å². The fraction of sp³-hybridized carbons (Fsp3) is 0.0870. The minimum Gasteiger partial charge on any atom is -0.319 e. The number of carbonyl (C=O) groups is 1. The highest BCUT2D eigenvalue weighted by molar-refractivity contribution is 9.10. The van der Waals surface area contributed by atoms with Crippen LogP contribution in [0.15, 0.2) is 65.1 Å². The average Bonchev–Trinajstić information content (AvgIpc) is 3.17. The third-order valence-electron chi connectivity index (χ3n) is 4.73. The van der Waals surface area contributed by atoms with E-state index in [2.05, 4.69) is 31.3 Å². The van der Waals surface area contributed by atoms with E-state index < -0.39 is 5.91 Å². The maximum atomic E-state index is 13.0. The first-order chi connectivity index (χ1) is 14.8. The van der Waals surface area contributed by atoms with Crippen LogP contribution in [-0.2, 0) is 0 Å². The van der Waals surface area contributed by atoms with Crippen LogP contribution in [0.5, 0.6) is 0 Å². The lowest BCUT2D eigenvalue weighted by Crippen LogP contribution is -2.15. The van der Waals surface area contributed by atoms with E-state index in [1.54, 1.807) is 28.9 Å². The van der Waals surface area contributed by atoms with Gasteiger partial charge in [0.15, 0.2) is 5.82 Å². The molecule has 4 rings (SSSR count). The minimum absolute atomic E-state index is 0.0386. The van der Waals surface area contributed by atoms with Gasteiger partial charge in [-0.2, -0.15) is 0 Å². The third-order valence-corrected chi connectivity index (χ3v) is 5.69. The molecular weight excluding hydrogens is 499 g/mol. The Morgan fingerprint density at radius 2 is 1.74 bits per heavy atom. The monoisotopic (exact) mass is 514 g/mol.